The van der Waals surface area contributed by atoms with E-state index in [1.54, 1.807) is 6.07 Å². The smallest absolute Gasteiger partial charge is 0.322 e. The fourth-order valence-electron chi connectivity index (χ4n) is 3.19. The van der Waals surface area contributed by atoms with Crippen molar-refractivity contribution in [2.24, 2.45) is 0 Å². The van der Waals surface area contributed by atoms with Crippen molar-refractivity contribution < 1.29 is 13.9 Å². The number of ether oxygens (including phenoxy) is 1. The van der Waals surface area contributed by atoms with Crippen LogP contribution >= 0.6 is 11.3 Å². The van der Waals surface area contributed by atoms with Crippen LogP contribution in [0.3, 0.4) is 0 Å². The Morgan fingerprint density at radius 3 is 2.84 bits per heavy atom. The van der Waals surface area contributed by atoms with E-state index >= 15 is 0 Å². The standard InChI is InChI=1S/C22H19FN4O3S/c1-13-10-14(16-4-2-3-5-19(16)25-13)12-30-15-6-7-17(18(23)11-15)21(28)24-9-8-20-26-27-22(29)31-20/h2-7,10-11H,8-9,12H2,1H3,(H,24,28)(H,27,29). The molecule has 0 saturated heterocycles. The van der Waals surface area contributed by atoms with Gasteiger partial charge in [-0.2, -0.15) is 5.10 Å². The summed E-state index contributed by atoms with van der Waals surface area (Å²) < 4.78 is 20.3. The maximum Gasteiger partial charge on any atom is 0.322 e. The van der Waals surface area contributed by atoms with Crippen molar-refractivity contribution in [3.05, 3.63) is 85.8 Å². The van der Waals surface area contributed by atoms with Gasteiger partial charge in [-0.1, -0.05) is 29.5 Å². The highest BCUT2D eigenvalue weighted by Gasteiger charge is 2.13. The van der Waals surface area contributed by atoms with Gasteiger partial charge in [-0.15, -0.1) is 0 Å². The van der Waals surface area contributed by atoms with E-state index in [2.05, 4.69) is 20.5 Å². The summed E-state index contributed by atoms with van der Waals surface area (Å²) >= 11 is 0.977. The molecule has 0 fully saturated rings. The molecular formula is C22H19FN4O3S. The molecule has 0 saturated carbocycles. The first kappa shape index (κ1) is 20.7. The molecule has 0 aliphatic heterocycles. The minimum atomic E-state index is -0.671. The number of benzene rings is 2. The molecule has 0 bridgehead atoms. The summed E-state index contributed by atoms with van der Waals surface area (Å²) in [4.78, 5) is 27.6. The minimum Gasteiger partial charge on any atom is -0.489 e. The van der Waals surface area contributed by atoms with Gasteiger partial charge in [-0.3, -0.25) is 14.6 Å². The van der Waals surface area contributed by atoms with E-state index in [4.69, 9.17) is 4.74 Å². The maximum absolute atomic E-state index is 14.5. The van der Waals surface area contributed by atoms with E-state index in [9.17, 15) is 14.0 Å². The molecule has 1 amide bonds. The van der Waals surface area contributed by atoms with Crippen LogP contribution in [0.5, 0.6) is 5.75 Å². The van der Waals surface area contributed by atoms with Gasteiger partial charge in [0.15, 0.2) is 0 Å². The summed E-state index contributed by atoms with van der Waals surface area (Å²) in [5.74, 6) is -0.883. The first-order valence-electron chi connectivity index (χ1n) is 9.60. The van der Waals surface area contributed by atoms with E-state index in [0.717, 1.165) is 33.5 Å². The van der Waals surface area contributed by atoms with Crippen molar-refractivity contribution in [2.75, 3.05) is 6.54 Å². The Balaban J connectivity index is 1.39. The van der Waals surface area contributed by atoms with Gasteiger partial charge >= 0.3 is 4.87 Å². The van der Waals surface area contributed by atoms with Crippen LogP contribution in [0.15, 0.2) is 53.3 Å². The van der Waals surface area contributed by atoms with E-state index in [0.29, 0.717) is 17.2 Å². The lowest BCUT2D eigenvalue weighted by Crippen LogP contribution is -2.26. The van der Waals surface area contributed by atoms with Crippen LogP contribution in [-0.2, 0) is 13.0 Å². The van der Waals surface area contributed by atoms with Gasteiger partial charge in [0, 0.05) is 35.7 Å². The molecule has 2 heterocycles. The van der Waals surface area contributed by atoms with Gasteiger partial charge in [0.1, 0.15) is 23.2 Å². The molecule has 4 rings (SSSR count). The monoisotopic (exact) mass is 438 g/mol. The molecule has 2 aromatic heterocycles. The van der Waals surface area contributed by atoms with Crippen LogP contribution in [0.1, 0.15) is 26.6 Å². The van der Waals surface area contributed by atoms with Crippen molar-refractivity contribution in [1.29, 1.82) is 0 Å². The molecule has 4 aromatic rings. The lowest BCUT2D eigenvalue weighted by atomic mass is 10.1. The van der Waals surface area contributed by atoms with Crippen LogP contribution in [-0.4, -0.2) is 27.6 Å². The number of rotatable bonds is 7. The van der Waals surface area contributed by atoms with Crippen LogP contribution in [0.2, 0.25) is 0 Å². The predicted octanol–water partition coefficient (Wildman–Crippen LogP) is 3.38. The van der Waals surface area contributed by atoms with E-state index in [1.807, 2.05) is 37.3 Å². The molecule has 0 aliphatic carbocycles. The summed E-state index contributed by atoms with van der Waals surface area (Å²) in [5.41, 5.74) is 2.62. The molecule has 9 heteroatoms. The summed E-state index contributed by atoms with van der Waals surface area (Å²) in [6.07, 6.45) is 0.386. The van der Waals surface area contributed by atoms with Gasteiger partial charge in [0.25, 0.3) is 5.91 Å². The van der Waals surface area contributed by atoms with E-state index < -0.39 is 11.7 Å². The molecule has 31 heavy (non-hydrogen) atoms. The SMILES string of the molecule is Cc1cc(COc2ccc(C(=O)NCCc3n[nH]c(=O)s3)c(F)c2)c2ccccc2n1. The highest BCUT2D eigenvalue weighted by atomic mass is 32.1. The van der Waals surface area contributed by atoms with Gasteiger partial charge in [-0.05, 0) is 31.2 Å². The van der Waals surface area contributed by atoms with Crippen molar-refractivity contribution >= 4 is 28.1 Å². The number of aryl methyl sites for hydroxylation is 1. The number of carbonyl (C=O) groups is 1. The van der Waals surface area contributed by atoms with Crippen molar-refractivity contribution in [2.45, 2.75) is 20.0 Å². The number of para-hydroxylation sites is 1. The number of amides is 1. The second-order valence-electron chi connectivity index (χ2n) is 6.88. The maximum atomic E-state index is 14.5. The minimum absolute atomic E-state index is 0.0761. The number of halogens is 1. The quantitative estimate of drug-likeness (QED) is 0.461. The Morgan fingerprint density at radius 2 is 2.06 bits per heavy atom. The predicted molar refractivity (Wildman–Crippen MR) is 116 cm³/mol. The number of aromatic amines is 1. The number of fused-ring (bicyclic) bond motifs is 1. The Labute approximate surface area is 180 Å². The second kappa shape index (κ2) is 9.05. The topological polar surface area (TPSA) is 97.0 Å². The Hall–Kier alpha value is -3.59. The zero-order chi connectivity index (χ0) is 21.8. The molecule has 0 aliphatic rings. The van der Waals surface area contributed by atoms with Crippen LogP contribution in [0.25, 0.3) is 10.9 Å². The summed E-state index contributed by atoms with van der Waals surface area (Å²) in [7, 11) is 0. The van der Waals surface area contributed by atoms with Crippen molar-refractivity contribution in [3.8, 4) is 5.75 Å². The zero-order valence-corrected chi connectivity index (χ0v) is 17.5. The normalized spacial score (nSPS) is 10.9. The molecule has 0 radical (unpaired) electrons. The van der Waals surface area contributed by atoms with Crippen LogP contribution < -0.4 is 14.9 Å². The number of hydrogen-bond acceptors (Lipinski definition) is 6. The van der Waals surface area contributed by atoms with Crippen LogP contribution in [0.4, 0.5) is 4.39 Å². The highest BCUT2D eigenvalue weighted by Crippen LogP contribution is 2.22. The van der Waals surface area contributed by atoms with Gasteiger partial charge < -0.3 is 10.1 Å². The number of aromatic nitrogens is 3. The Kier molecular flexibility index (Phi) is 6.03. The van der Waals surface area contributed by atoms with Gasteiger partial charge in [0.05, 0.1) is 11.1 Å². The van der Waals surface area contributed by atoms with Crippen molar-refractivity contribution in [1.82, 2.24) is 20.5 Å². The lowest BCUT2D eigenvalue weighted by molar-refractivity contribution is 0.0950. The molecule has 7 nitrogen and oxygen atoms in total. The Morgan fingerprint density at radius 1 is 1.23 bits per heavy atom. The molecular weight excluding hydrogens is 419 g/mol. The number of nitrogens with zero attached hydrogens (tertiary/aromatic N) is 2. The average Bonchev–Trinajstić information content (AvgIpc) is 3.16. The van der Waals surface area contributed by atoms with Crippen molar-refractivity contribution in [3.63, 3.8) is 0 Å². The summed E-state index contributed by atoms with van der Waals surface area (Å²) in [5, 5.41) is 10.3. The highest BCUT2D eigenvalue weighted by molar-refractivity contribution is 7.08. The third-order valence-corrected chi connectivity index (χ3v) is 5.42. The van der Waals surface area contributed by atoms with Gasteiger partial charge in [0.2, 0.25) is 0 Å². The molecule has 0 unspecified atom stereocenters. The fraction of sp³-hybridized carbons (Fsp3) is 0.182. The first-order chi connectivity index (χ1) is 15.0. The lowest BCUT2D eigenvalue weighted by Gasteiger charge is -2.11. The Bertz CT molecular complexity index is 1300. The number of pyridine rings is 1. The van der Waals surface area contributed by atoms with Crippen LogP contribution in [0, 0.1) is 12.7 Å². The van der Waals surface area contributed by atoms with Gasteiger partial charge in [-0.25, -0.2) is 9.49 Å². The zero-order valence-electron chi connectivity index (χ0n) is 16.6. The summed E-state index contributed by atoms with van der Waals surface area (Å²) in [6.45, 7) is 2.41. The molecule has 158 valence electrons. The van der Waals surface area contributed by atoms with E-state index in [-0.39, 0.29) is 23.6 Å². The number of hydrogen-bond donors (Lipinski definition) is 2. The largest absolute Gasteiger partial charge is 0.489 e. The average molecular weight is 438 g/mol. The molecule has 2 aromatic carbocycles. The van der Waals surface area contributed by atoms with E-state index in [1.165, 1.54) is 12.1 Å². The fourth-order valence-corrected chi connectivity index (χ4v) is 3.79. The third kappa shape index (κ3) is 4.95. The second-order valence-corrected chi connectivity index (χ2v) is 7.93. The molecule has 0 atom stereocenters. The number of carbonyl (C=O) groups excluding carboxylic acids is 1. The number of H-pyrrole nitrogens is 1. The number of nitrogens with one attached hydrogen (secondary N) is 2. The third-order valence-electron chi connectivity index (χ3n) is 4.62. The molecule has 2 N–H and O–H groups in total. The first-order valence-corrected chi connectivity index (χ1v) is 10.4. The summed E-state index contributed by atoms with van der Waals surface area (Å²) in [6, 6.07) is 13.9. The molecule has 0 spiro atoms.